The summed E-state index contributed by atoms with van der Waals surface area (Å²) in [4.78, 5) is 3.56. The van der Waals surface area contributed by atoms with E-state index in [4.69, 9.17) is 11.6 Å². The standard InChI is InChI=1S/C10H8ClF3N2/c1-15-4-2-3-9-8(11)5-7(6-16-9)10(12,13)14/h5-6,15H,4H2,1H3. The van der Waals surface area contributed by atoms with Gasteiger partial charge in [-0.1, -0.05) is 17.5 Å². The van der Waals surface area contributed by atoms with Gasteiger partial charge in [-0.25, -0.2) is 4.98 Å². The molecule has 6 heteroatoms. The lowest BCUT2D eigenvalue weighted by Gasteiger charge is -2.06. The van der Waals surface area contributed by atoms with Crippen molar-refractivity contribution in [3.05, 3.63) is 28.5 Å². The Bertz CT molecular complexity index is 432. The maximum absolute atomic E-state index is 12.3. The molecular formula is C10H8ClF3N2. The van der Waals surface area contributed by atoms with Crippen LogP contribution in [0.4, 0.5) is 13.2 Å². The maximum atomic E-state index is 12.3. The predicted octanol–water partition coefficient (Wildman–Crippen LogP) is 2.32. The van der Waals surface area contributed by atoms with Crippen LogP contribution in [0.25, 0.3) is 0 Å². The third-order valence-corrected chi connectivity index (χ3v) is 1.93. The molecule has 1 aromatic heterocycles. The van der Waals surface area contributed by atoms with Crippen molar-refractivity contribution < 1.29 is 13.2 Å². The first-order chi connectivity index (χ1) is 7.45. The topological polar surface area (TPSA) is 24.9 Å². The number of hydrogen-bond acceptors (Lipinski definition) is 2. The zero-order chi connectivity index (χ0) is 12.2. The molecule has 0 radical (unpaired) electrons. The van der Waals surface area contributed by atoms with E-state index in [1.54, 1.807) is 7.05 Å². The molecule has 0 aromatic carbocycles. The number of nitrogens with one attached hydrogen (secondary N) is 1. The second-order valence-corrected chi connectivity index (χ2v) is 3.29. The molecule has 1 heterocycles. The Kier molecular flexibility index (Phi) is 4.16. The van der Waals surface area contributed by atoms with E-state index in [2.05, 4.69) is 22.1 Å². The van der Waals surface area contributed by atoms with Gasteiger partial charge in [-0.3, -0.25) is 0 Å². The number of alkyl halides is 3. The molecule has 0 unspecified atom stereocenters. The number of nitrogens with zero attached hydrogens (tertiary/aromatic N) is 1. The Morgan fingerprint density at radius 2 is 2.19 bits per heavy atom. The zero-order valence-corrected chi connectivity index (χ0v) is 9.08. The van der Waals surface area contributed by atoms with E-state index in [1.165, 1.54) is 0 Å². The van der Waals surface area contributed by atoms with Crippen molar-refractivity contribution in [3.63, 3.8) is 0 Å². The highest BCUT2D eigenvalue weighted by Gasteiger charge is 2.31. The van der Waals surface area contributed by atoms with E-state index in [1.807, 2.05) is 0 Å². The number of aromatic nitrogens is 1. The molecule has 0 saturated heterocycles. The van der Waals surface area contributed by atoms with E-state index >= 15 is 0 Å². The quantitative estimate of drug-likeness (QED) is 0.772. The van der Waals surface area contributed by atoms with Crippen LogP contribution in [0.1, 0.15) is 11.3 Å². The summed E-state index contributed by atoms with van der Waals surface area (Å²) in [6.07, 6.45) is -3.72. The smallest absolute Gasteiger partial charge is 0.309 e. The molecule has 0 amide bonds. The molecule has 0 fully saturated rings. The molecule has 0 atom stereocenters. The lowest BCUT2D eigenvalue weighted by atomic mass is 10.2. The molecule has 16 heavy (non-hydrogen) atoms. The monoisotopic (exact) mass is 248 g/mol. The van der Waals surface area contributed by atoms with Gasteiger partial charge in [-0.2, -0.15) is 13.2 Å². The second kappa shape index (κ2) is 5.19. The Hall–Kier alpha value is -1.25. The molecule has 1 aromatic rings. The number of halogens is 4. The van der Waals surface area contributed by atoms with Crippen LogP contribution >= 0.6 is 11.6 Å². The van der Waals surface area contributed by atoms with Crippen molar-refractivity contribution in [1.29, 1.82) is 0 Å². The fraction of sp³-hybridized carbons (Fsp3) is 0.300. The van der Waals surface area contributed by atoms with Crippen molar-refractivity contribution in [2.75, 3.05) is 13.6 Å². The SMILES string of the molecule is CNCC#Cc1ncc(C(F)(F)F)cc1Cl. The van der Waals surface area contributed by atoms with Gasteiger partial charge in [-0.15, -0.1) is 0 Å². The lowest BCUT2D eigenvalue weighted by molar-refractivity contribution is -0.137. The summed E-state index contributed by atoms with van der Waals surface area (Å²) in [5.74, 6) is 5.23. The third-order valence-electron chi connectivity index (χ3n) is 1.64. The average molecular weight is 249 g/mol. The van der Waals surface area contributed by atoms with Crippen LogP contribution in [0, 0.1) is 11.8 Å². The molecule has 0 aliphatic carbocycles. The van der Waals surface area contributed by atoms with E-state index in [0.29, 0.717) is 6.54 Å². The molecule has 0 saturated carbocycles. The summed E-state index contributed by atoms with van der Waals surface area (Å²) >= 11 is 5.63. The van der Waals surface area contributed by atoms with E-state index in [-0.39, 0.29) is 10.7 Å². The highest BCUT2D eigenvalue weighted by molar-refractivity contribution is 6.31. The minimum absolute atomic E-state index is 0.0987. The Labute approximate surface area is 95.8 Å². The van der Waals surface area contributed by atoms with Crippen LogP contribution in [-0.2, 0) is 6.18 Å². The summed E-state index contributed by atoms with van der Waals surface area (Å²) in [5, 5.41) is 2.67. The highest BCUT2D eigenvalue weighted by Crippen LogP contribution is 2.30. The van der Waals surface area contributed by atoms with E-state index in [9.17, 15) is 13.2 Å². The molecule has 0 spiro atoms. The van der Waals surface area contributed by atoms with Crippen molar-refractivity contribution in [2.45, 2.75) is 6.18 Å². The normalized spacial score (nSPS) is 10.8. The van der Waals surface area contributed by atoms with Gasteiger partial charge in [0.1, 0.15) is 5.69 Å². The third kappa shape index (κ3) is 3.40. The fourth-order valence-electron chi connectivity index (χ4n) is 0.901. The molecule has 0 bridgehead atoms. The first-order valence-corrected chi connectivity index (χ1v) is 4.69. The van der Waals surface area contributed by atoms with E-state index < -0.39 is 11.7 Å². The minimum Gasteiger partial charge on any atom is -0.309 e. The minimum atomic E-state index is -4.44. The average Bonchev–Trinajstić information content (AvgIpc) is 2.19. The summed E-state index contributed by atoms with van der Waals surface area (Å²) in [7, 11) is 1.70. The molecule has 0 aliphatic rings. The molecule has 1 N–H and O–H groups in total. The van der Waals surface area contributed by atoms with Crippen molar-refractivity contribution in [2.24, 2.45) is 0 Å². The van der Waals surface area contributed by atoms with Crippen LogP contribution in [0.15, 0.2) is 12.3 Å². The van der Waals surface area contributed by atoms with Crippen LogP contribution in [0.3, 0.4) is 0 Å². The first kappa shape index (κ1) is 12.8. The van der Waals surface area contributed by atoms with E-state index in [0.717, 1.165) is 12.3 Å². The van der Waals surface area contributed by atoms with Crippen molar-refractivity contribution in [3.8, 4) is 11.8 Å². The Morgan fingerprint density at radius 3 is 2.69 bits per heavy atom. The van der Waals surface area contributed by atoms with Gasteiger partial charge in [0.25, 0.3) is 0 Å². The largest absolute Gasteiger partial charge is 0.417 e. The van der Waals surface area contributed by atoms with Gasteiger partial charge in [-0.05, 0) is 19.0 Å². The summed E-state index contributed by atoms with van der Waals surface area (Å²) in [5.41, 5.74) is -0.735. The summed E-state index contributed by atoms with van der Waals surface area (Å²) in [6, 6.07) is 0.817. The first-order valence-electron chi connectivity index (χ1n) is 4.31. The van der Waals surface area contributed by atoms with Gasteiger partial charge in [0.15, 0.2) is 0 Å². The summed E-state index contributed by atoms with van der Waals surface area (Å²) < 4.78 is 36.8. The summed E-state index contributed by atoms with van der Waals surface area (Å²) in [6.45, 7) is 0.416. The van der Waals surface area contributed by atoms with Gasteiger partial charge in [0.05, 0.1) is 17.1 Å². The van der Waals surface area contributed by atoms with Crippen LogP contribution < -0.4 is 5.32 Å². The number of pyridine rings is 1. The highest BCUT2D eigenvalue weighted by atomic mass is 35.5. The van der Waals surface area contributed by atoms with Crippen LogP contribution in [-0.4, -0.2) is 18.6 Å². The molecule has 86 valence electrons. The lowest BCUT2D eigenvalue weighted by Crippen LogP contribution is -2.06. The van der Waals surface area contributed by atoms with Gasteiger partial charge in [0.2, 0.25) is 0 Å². The Morgan fingerprint density at radius 1 is 1.50 bits per heavy atom. The van der Waals surface area contributed by atoms with Gasteiger partial charge < -0.3 is 5.32 Å². The molecule has 0 aliphatic heterocycles. The number of hydrogen-bond donors (Lipinski definition) is 1. The zero-order valence-electron chi connectivity index (χ0n) is 8.32. The molecule has 1 rings (SSSR count). The maximum Gasteiger partial charge on any atom is 0.417 e. The second-order valence-electron chi connectivity index (χ2n) is 2.88. The number of rotatable bonds is 1. The van der Waals surface area contributed by atoms with Crippen LogP contribution in [0.5, 0.6) is 0 Å². The van der Waals surface area contributed by atoms with Gasteiger partial charge >= 0.3 is 6.18 Å². The van der Waals surface area contributed by atoms with Crippen molar-refractivity contribution >= 4 is 11.6 Å². The molecule has 2 nitrogen and oxygen atoms in total. The molecular weight excluding hydrogens is 241 g/mol. The van der Waals surface area contributed by atoms with Crippen LogP contribution in [0.2, 0.25) is 5.02 Å². The van der Waals surface area contributed by atoms with Gasteiger partial charge in [0, 0.05) is 6.20 Å². The Balaban J connectivity index is 2.98. The van der Waals surface area contributed by atoms with Crippen molar-refractivity contribution in [1.82, 2.24) is 10.3 Å². The fourth-order valence-corrected chi connectivity index (χ4v) is 1.11. The predicted molar refractivity (Wildman–Crippen MR) is 55.1 cm³/mol.